The second-order valence-electron chi connectivity index (χ2n) is 4.85. The van der Waals surface area contributed by atoms with E-state index in [9.17, 15) is 9.18 Å². The predicted octanol–water partition coefficient (Wildman–Crippen LogP) is 4.23. The lowest BCUT2D eigenvalue weighted by Crippen LogP contribution is -2.31. The molecule has 0 radical (unpaired) electrons. The van der Waals surface area contributed by atoms with E-state index in [-0.39, 0.29) is 10.9 Å². The molecule has 2 N–H and O–H groups in total. The summed E-state index contributed by atoms with van der Waals surface area (Å²) in [5.41, 5.74) is 2.37. The van der Waals surface area contributed by atoms with E-state index >= 15 is 0 Å². The summed E-state index contributed by atoms with van der Waals surface area (Å²) in [5, 5.41) is 6.00. The Morgan fingerprint density at radius 3 is 2.48 bits per heavy atom. The van der Waals surface area contributed by atoms with E-state index in [1.165, 1.54) is 18.2 Å². The van der Waals surface area contributed by atoms with Gasteiger partial charge in [-0.2, -0.15) is 0 Å². The Morgan fingerprint density at radius 2 is 1.86 bits per heavy atom. The van der Waals surface area contributed by atoms with Gasteiger partial charge in [-0.15, -0.1) is 0 Å². The van der Waals surface area contributed by atoms with Crippen molar-refractivity contribution in [3.63, 3.8) is 0 Å². The minimum atomic E-state index is -0.505. The van der Waals surface area contributed by atoms with Crippen molar-refractivity contribution in [2.75, 3.05) is 10.6 Å². The van der Waals surface area contributed by atoms with Crippen molar-refractivity contribution in [2.45, 2.75) is 19.9 Å². The number of halogens is 2. The molecule has 0 bridgehead atoms. The van der Waals surface area contributed by atoms with Crippen molar-refractivity contribution in [3.8, 4) is 0 Å². The molecule has 110 valence electrons. The molecule has 0 saturated heterocycles. The molecule has 1 unspecified atom stereocenters. The highest BCUT2D eigenvalue weighted by molar-refractivity contribution is 6.33. The summed E-state index contributed by atoms with van der Waals surface area (Å²) in [6.07, 6.45) is 0. The van der Waals surface area contributed by atoms with Crippen molar-refractivity contribution < 1.29 is 9.18 Å². The molecule has 2 aromatic carbocycles. The summed E-state index contributed by atoms with van der Waals surface area (Å²) in [4.78, 5) is 12.1. The van der Waals surface area contributed by atoms with Gasteiger partial charge in [-0.1, -0.05) is 29.3 Å². The van der Waals surface area contributed by atoms with E-state index in [0.717, 1.165) is 11.3 Å². The Bertz CT molecular complexity index is 643. The van der Waals surface area contributed by atoms with Crippen LogP contribution in [0.4, 0.5) is 15.8 Å². The first-order valence-electron chi connectivity index (χ1n) is 6.55. The van der Waals surface area contributed by atoms with Gasteiger partial charge in [-0.25, -0.2) is 4.39 Å². The van der Waals surface area contributed by atoms with Gasteiger partial charge in [0.15, 0.2) is 0 Å². The van der Waals surface area contributed by atoms with Crippen LogP contribution in [-0.2, 0) is 4.79 Å². The van der Waals surface area contributed by atoms with Gasteiger partial charge < -0.3 is 10.6 Å². The van der Waals surface area contributed by atoms with Gasteiger partial charge in [-0.3, -0.25) is 4.79 Å². The van der Waals surface area contributed by atoms with Crippen molar-refractivity contribution in [3.05, 3.63) is 58.9 Å². The summed E-state index contributed by atoms with van der Waals surface area (Å²) in [6, 6.07) is 11.0. The third kappa shape index (κ3) is 4.20. The Labute approximate surface area is 128 Å². The Kier molecular flexibility index (Phi) is 4.81. The van der Waals surface area contributed by atoms with Crippen molar-refractivity contribution >= 4 is 28.9 Å². The SMILES string of the molecule is Cc1ccc(NC(=O)C(C)Nc2ccc(F)cc2Cl)cc1. The monoisotopic (exact) mass is 306 g/mol. The van der Waals surface area contributed by atoms with Crippen LogP contribution in [0.2, 0.25) is 5.02 Å². The van der Waals surface area contributed by atoms with Crippen molar-refractivity contribution in [1.29, 1.82) is 0 Å². The van der Waals surface area contributed by atoms with E-state index in [1.54, 1.807) is 6.92 Å². The lowest BCUT2D eigenvalue weighted by atomic mass is 10.2. The zero-order valence-corrected chi connectivity index (χ0v) is 12.5. The molecule has 3 nitrogen and oxygen atoms in total. The van der Waals surface area contributed by atoms with E-state index in [2.05, 4.69) is 10.6 Å². The number of hydrogen-bond donors (Lipinski definition) is 2. The number of anilines is 2. The Hall–Kier alpha value is -2.07. The van der Waals surface area contributed by atoms with E-state index in [0.29, 0.717) is 5.69 Å². The van der Waals surface area contributed by atoms with Gasteiger partial charge in [0.2, 0.25) is 5.91 Å². The number of rotatable bonds is 4. The zero-order valence-electron chi connectivity index (χ0n) is 11.8. The van der Waals surface area contributed by atoms with Crippen LogP contribution in [0.15, 0.2) is 42.5 Å². The van der Waals surface area contributed by atoms with Crippen LogP contribution < -0.4 is 10.6 Å². The number of carbonyl (C=O) groups is 1. The van der Waals surface area contributed by atoms with Gasteiger partial charge in [-0.05, 0) is 44.2 Å². The molecule has 0 heterocycles. The normalized spacial score (nSPS) is 11.8. The van der Waals surface area contributed by atoms with Crippen LogP contribution in [0, 0.1) is 12.7 Å². The number of benzene rings is 2. The largest absolute Gasteiger partial charge is 0.373 e. The maximum absolute atomic E-state index is 13.0. The van der Waals surface area contributed by atoms with Gasteiger partial charge >= 0.3 is 0 Å². The average molecular weight is 307 g/mol. The smallest absolute Gasteiger partial charge is 0.246 e. The highest BCUT2D eigenvalue weighted by Crippen LogP contribution is 2.23. The van der Waals surface area contributed by atoms with Gasteiger partial charge in [0, 0.05) is 5.69 Å². The highest BCUT2D eigenvalue weighted by atomic mass is 35.5. The van der Waals surface area contributed by atoms with E-state index < -0.39 is 11.9 Å². The molecule has 0 aromatic heterocycles. The molecule has 21 heavy (non-hydrogen) atoms. The van der Waals surface area contributed by atoms with E-state index in [4.69, 9.17) is 11.6 Å². The fourth-order valence-corrected chi connectivity index (χ4v) is 2.01. The summed E-state index contributed by atoms with van der Waals surface area (Å²) in [6.45, 7) is 3.69. The average Bonchev–Trinajstić information content (AvgIpc) is 2.44. The molecule has 0 aliphatic rings. The lowest BCUT2D eigenvalue weighted by Gasteiger charge is -2.16. The van der Waals surface area contributed by atoms with Crippen LogP contribution in [-0.4, -0.2) is 11.9 Å². The fraction of sp³-hybridized carbons (Fsp3) is 0.188. The third-order valence-corrected chi connectivity index (χ3v) is 3.33. The molecular formula is C16H16ClFN2O. The molecule has 0 aliphatic carbocycles. The van der Waals surface area contributed by atoms with Crippen LogP contribution in [0.1, 0.15) is 12.5 Å². The number of hydrogen-bond acceptors (Lipinski definition) is 2. The quantitative estimate of drug-likeness (QED) is 0.887. The van der Waals surface area contributed by atoms with Crippen LogP contribution in [0.25, 0.3) is 0 Å². The van der Waals surface area contributed by atoms with Gasteiger partial charge in [0.25, 0.3) is 0 Å². The topological polar surface area (TPSA) is 41.1 Å². The zero-order chi connectivity index (χ0) is 15.4. The molecule has 1 amide bonds. The number of amides is 1. The Balaban J connectivity index is 2.00. The first-order valence-corrected chi connectivity index (χ1v) is 6.92. The predicted molar refractivity (Wildman–Crippen MR) is 84.3 cm³/mol. The summed E-state index contributed by atoms with van der Waals surface area (Å²) >= 11 is 5.92. The van der Waals surface area contributed by atoms with E-state index in [1.807, 2.05) is 31.2 Å². The molecular weight excluding hydrogens is 291 g/mol. The maximum atomic E-state index is 13.0. The molecule has 1 atom stereocenters. The lowest BCUT2D eigenvalue weighted by molar-refractivity contribution is -0.116. The highest BCUT2D eigenvalue weighted by Gasteiger charge is 2.14. The van der Waals surface area contributed by atoms with Crippen LogP contribution >= 0.6 is 11.6 Å². The molecule has 0 saturated carbocycles. The minimum absolute atomic E-state index is 0.195. The third-order valence-electron chi connectivity index (χ3n) is 3.02. The Morgan fingerprint density at radius 1 is 1.19 bits per heavy atom. The standard InChI is InChI=1S/C16H16ClFN2O/c1-10-3-6-13(7-4-10)20-16(21)11(2)19-15-8-5-12(18)9-14(15)17/h3-9,11,19H,1-2H3,(H,20,21). The van der Waals surface area contributed by atoms with Gasteiger partial charge in [0.05, 0.1) is 10.7 Å². The molecule has 0 spiro atoms. The molecule has 2 rings (SSSR count). The molecule has 0 fully saturated rings. The minimum Gasteiger partial charge on any atom is -0.373 e. The summed E-state index contributed by atoms with van der Waals surface area (Å²) < 4.78 is 13.0. The molecule has 2 aromatic rings. The van der Waals surface area contributed by atoms with Gasteiger partial charge in [0.1, 0.15) is 11.9 Å². The molecule has 5 heteroatoms. The second-order valence-corrected chi connectivity index (χ2v) is 5.25. The first kappa shape index (κ1) is 15.3. The maximum Gasteiger partial charge on any atom is 0.246 e. The van der Waals surface area contributed by atoms with Crippen LogP contribution in [0.5, 0.6) is 0 Å². The summed E-state index contributed by atoms with van der Waals surface area (Å²) in [5.74, 6) is -0.610. The number of aryl methyl sites for hydroxylation is 1. The molecule has 0 aliphatic heterocycles. The number of carbonyl (C=O) groups excluding carboxylic acids is 1. The first-order chi connectivity index (χ1) is 9.95. The number of nitrogens with one attached hydrogen (secondary N) is 2. The van der Waals surface area contributed by atoms with Crippen LogP contribution in [0.3, 0.4) is 0 Å². The van der Waals surface area contributed by atoms with Crippen molar-refractivity contribution in [1.82, 2.24) is 0 Å². The summed E-state index contributed by atoms with van der Waals surface area (Å²) in [7, 11) is 0. The fourth-order valence-electron chi connectivity index (χ4n) is 1.79. The second kappa shape index (κ2) is 6.59. The van der Waals surface area contributed by atoms with Crippen molar-refractivity contribution in [2.24, 2.45) is 0 Å².